The van der Waals surface area contributed by atoms with Gasteiger partial charge in [-0.15, -0.1) is 0 Å². The lowest BCUT2D eigenvalue weighted by Crippen LogP contribution is -2.33. The fourth-order valence-corrected chi connectivity index (χ4v) is 2.18. The minimum Gasteiger partial charge on any atom is -0.491 e. The van der Waals surface area contributed by atoms with Gasteiger partial charge in [-0.05, 0) is 37.1 Å². The van der Waals surface area contributed by atoms with Gasteiger partial charge in [0.05, 0.1) is 6.10 Å². The molecule has 2 N–H and O–H groups in total. The first-order chi connectivity index (χ1) is 10.6. The number of carbonyl (C=O) groups is 2. The summed E-state index contributed by atoms with van der Waals surface area (Å²) in [6.07, 6.45) is 2.30. The fourth-order valence-electron chi connectivity index (χ4n) is 2.18. The molecule has 0 bridgehead atoms. The van der Waals surface area contributed by atoms with Crippen molar-refractivity contribution in [3.05, 3.63) is 29.8 Å². The molecule has 1 fully saturated rings. The predicted molar refractivity (Wildman–Crippen MR) is 81.9 cm³/mol. The topological polar surface area (TPSA) is 76.7 Å². The summed E-state index contributed by atoms with van der Waals surface area (Å²) in [6, 6.07) is 6.99. The highest BCUT2D eigenvalue weighted by Gasteiger charge is 2.16. The molecule has 1 aliphatic rings. The van der Waals surface area contributed by atoms with Crippen LogP contribution in [0.1, 0.15) is 30.1 Å². The zero-order valence-corrected chi connectivity index (χ0v) is 12.8. The Morgan fingerprint density at radius 1 is 1.23 bits per heavy atom. The van der Waals surface area contributed by atoms with E-state index >= 15 is 0 Å². The van der Waals surface area contributed by atoms with Crippen molar-refractivity contribution >= 4 is 11.8 Å². The minimum absolute atomic E-state index is 0.109. The van der Waals surface area contributed by atoms with E-state index in [2.05, 4.69) is 10.6 Å². The van der Waals surface area contributed by atoms with Crippen LogP contribution in [0, 0.1) is 0 Å². The van der Waals surface area contributed by atoms with Crippen molar-refractivity contribution < 1.29 is 19.1 Å². The van der Waals surface area contributed by atoms with E-state index in [1.165, 1.54) is 6.92 Å². The number of rotatable bonds is 7. The van der Waals surface area contributed by atoms with Gasteiger partial charge in [-0.25, -0.2) is 0 Å². The molecule has 0 radical (unpaired) electrons. The lowest BCUT2D eigenvalue weighted by Gasteiger charge is -2.11. The third-order valence-electron chi connectivity index (χ3n) is 3.36. The number of amides is 2. The highest BCUT2D eigenvalue weighted by Crippen LogP contribution is 2.16. The van der Waals surface area contributed by atoms with E-state index in [0.717, 1.165) is 25.2 Å². The zero-order chi connectivity index (χ0) is 15.8. The first-order valence-electron chi connectivity index (χ1n) is 7.52. The summed E-state index contributed by atoms with van der Waals surface area (Å²) >= 11 is 0. The Morgan fingerprint density at radius 2 is 1.95 bits per heavy atom. The van der Waals surface area contributed by atoms with E-state index in [0.29, 0.717) is 25.3 Å². The molecule has 22 heavy (non-hydrogen) atoms. The summed E-state index contributed by atoms with van der Waals surface area (Å²) in [4.78, 5) is 22.6. The molecule has 1 aliphatic heterocycles. The maximum atomic E-state index is 11.9. The molecule has 0 unspecified atom stereocenters. The van der Waals surface area contributed by atoms with Gasteiger partial charge in [0.15, 0.2) is 0 Å². The van der Waals surface area contributed by atoms with Gasteiger partial charge in [0.25, 0.3) is 5.91 Å². The third-order valence-corrected chi connectivity index (χ3v) is 3.36. The summed E-state index contributed by atoms with van der Waals surface area (Å²) in [6.45, 7) is 3.62. The molecule has 1 heterocycles. The molecule has 1 aromatic carbocycles. The van der Waals surface area contributed by atoms with E-state index in [1.807, 2.05) is 0 Å². The van der Waals surface area contributed by atoms with Crippen molar-refractivity contribution in [2.24, 2.45) is 0 Å². The van der Waals surface area contributed by atoms with Crippen molar-refractivity contribution in [3.63, 3.8) is 0 Å². The van der Waals surface area contributed by atoms with Crippen LogP contribution >= 0.6 is 0 Å². The van der Waals surface area contributed by atoms with E-state index in [-0.39, 0.29) is 17.9 Å². The van der Waals surface area contributed by atoms with Gasteiger partial charge in [-0.1, -0.05) is 0 Å². The minimum atomic E-state index is -0.170. The van der Waals surface area contributed by atoms with Gasteiger partial charge >= 0.3 is 0 Å². The number of ether oxygens (including phenoxy) is 2. The molecule has 2 amide bonds. The van der Waals surface area contributed by atoms with Crippen LogP contribution in [0.3, 0.4) is 0 Å². The third kappa shape index (κ3) is 5.37. The quantitative estimate of drug-likeness (QED) is 0.740. The van der Waals surface area contributed by atoms with E-state index in [1.54, 1.807) is 24.3 Å². The van der Waals surface area contributed by atoms with Gasteiger partial charge in [-0.2, -0.15) is 0 Å². The molecular formula is C16H22N2O4. The van der Waals surface area contributed by atoms with Crippen molar-refractivity contribution in [3.8, 4) is 5.75 Å². The molecule has 0 spiro atoms. The first kappa shape index (κ1) is 16.3. The summed E-state index contributed by atoms with van der Waals surface area (Å²) in [5, 5.41) is 5.36. The second-order valence-electron chi connectivity index (χ2n) is 5.21. The molecule has 6 heteroatoms. The average Bonchev–Trinajstić information content (AvgIpc) is 3.03. The Hall–Kier alpha value is -2.08. The van der Waals surface area contributed by atoms with Crippen LogP contribution in [0.25, 0.3) is 0 Å². The molecule has 2 rings (SSSR count). The Morgan fingerprint density at radius 3 is 2.59 bits per heavy atom. The smallest absolute Gasteiger partial charge is 0.251 e. The Bertz CT molecular complexity index is 495. The number of benzene rings is 1. The van der Waals surface area contributed by atoms with Crippen molar-refractivity contribution in [1.29, 1.82) is 0 Å². The van der Waals surface area contributed by atoms with Crippen LogP contribution in [0.2, 0.25) is 0 Å². The number of hydrogen-bond donors (Lipinski definition) is 2. The molecule has 6 nitrogen and oxygen atoms in total. The Balaban J connectivity index is 1.72. The zero-order valence-electron chi connectivity index (χ0n) is 12.8. The van der Waals surface area contributed by atoms with Gasteiger partial charge in [0, 0.05) is 32.2 Å². The maximum absolute atomic E-state index is 11.9. The van der Waals surface area contributed by atoms with Crippen LogP contribution < -0.4 is 15.4 Å². The monoisotopic (exact) mass is 306 g/mol. The van der Waals surface area contributed by atoms with E-state index in [4.69, 9.17) is 9.47 Å². The highest BCUT2D eigenvalue weighted by atomic mass is 16.5. The molecule has 0 aromatic heterocycles. The largest absolute Gasteiger partial charge is 0.491 e. The van der Waals surface area contributed by atoms with Gasteiger partial charge < -0.3 is 20.1 Å². The lowest BCUT2D eigenvalue weighted by molar-refractivity contribution is -0.118. The van der Waals surface area contributed by atoms with E-state index in [9.17, 15) is 9.59 Å². The fraction of sp³-hybridized carbons (Fsp3) is 0.500. The molecular weight excluding hydrogens is 284 g/mol. The van der Waals surface area contributed by atoms with Gasteiger partial charge in [0.2, 0.25) is 5.91 Å². The summed E-state index contributed by atoms with van der Waals surface area (Å²) in [5.41, 5.74) is 0.562. The maximum Gasteiger partial charge on any atom is 0.251 e. The average molecular weight is 306 g/mol. The second kappa shape index (κ2) is 8.38. The van der Waals surface area contributed by atoms with E-state index < -0.39 is 0 Å². The molecule has 120 valence electrons. The predicted octanol–water partition coefficient (Wildman–Crippen LogP) is 1.11. The summed E-state index contributed by atoms with van der Waals surface area (Å²) < 4.78 is 11.1. The highest BCUT2D eigenvalue weighted by molar-refractivity contribution is 5.94. The molecule has 1 aromatic rings. The Kier molecular flexibility index (Phi) is 6.21. The Labute approximate surface area is 130 Å². The second-order valence-corrected chi connectivity index (χ2v) is 5.21. The van der Waals surface area contributed by atoms with Crippen molar-refractivity contribution in [2.45, 2.75) is 25.9 Å². The van der Waals surface area contributed by atoms with Crippen molar-refractivity contribution in [1.82, 2.24) is 10.6 Å². The molecule has 1 saturated heterocycles. The number of carbonyl (C=O) groups excluding carboxylic acids is 2. The van der Waals surface area contributed by atoms with Crippen LogP contribution in [0.4, 0.5) is 0 Å². The van der Waals surface area contributed by atoms with Crippen molar-refractivity contribution in [2.75, 3.05) is 26.3 Å². The molecule has 0 aliphatic carbocycles. The summed E-state index contributed by atoms with van der Waals surface area (Å²) in [7, 11) is 0. The van der Waals surface area contributed by atoms with Crippen LogP contribution in [-0.2, 0) is 9.53 Å². The normalized spacial score (nSPS) is 17.0. The lowest BCUT2D eigenvalue weighted by atomic mass is 10.2. The molecule has 1 atom stereocenters. The van der Waals surface area contributed by atoms with Crippen LogP contribution in [0.15, 0.2) is 24.3 Å². The standard InChI is InChI=1S/C16H22N2O4/c1-12(19)17-8-9-18-16(20)13-4-6-14(7-5-13)22-11-15-3-2-10-21-15/h4-7,15H,2-3,8-11H2,1H3,(H,17,19)(H,18,20)/t15-/m0/s1. The van der Waals surface area contributed by atoms with Gasteiger partial charge in [-0.3, -0.25) is 9.59 Å². The number of nitrogens with one attached hydrogen (secondary N) is 2. The van der Waals surface area contributed by atoms with Crippen LogP contribution in [0.5, 0.6) is 5.75 Å². The first-order valence-corrected chi connectivity index (χ1v) is 7.52. The SMILES string of the molecule is CC(=O)NCCNC(=O)c1ccc(OC[C@@H]2CCCO2)cc1. The van der Waals surface area contributed by atoms with Crippen LogP contribution in [-0.4, -0.2) is 44.2 Å². The number of hydrogen-bond acceptors (Lipinski definition) is 4. The molecule has 0 saturated carbocycles. The van der Waals surface area contributed by atoms with Gasteiger partial charge in [0.1, 0.15) is 12.4 Å². The summed E-state index contributed by atoms with van der Waals surface area (Å²) in [5.74, 6) is 0.448.